The highest BCUT2D eigenvalue weighted by atomic mass is 15.3. The summed E-state index contributed by atoms with van der Waals surface area (Å²) in [6.07, 6.45) is 6.31. The van der Waals surface area contributed by atoms with Crippen molar-refractivity contribution in [3.8, 4) is 0 Å². The van der Waals surface area contributed by atoms with Gasteiger partial charge in [-0.25, -0.2) is 4.68 Å². The fourth-order valence-electron chi connectivity index (χ4n) is 2.72. The van der Waals surface area contributed by atoms with Gasteiger partial charge in [0.25, 0.3) is 0 Å². The van der Waals surface area contributed by atoms with Crippen LogP contribution in [0.3, 0.4) is 0 Å². The van der Waals surface area contributed by atoms with E-state index in [1.54, 1.807) is 0 Å². The summed E-state index contributed by atoms with van der Waals surface area (Å²) in [6, 6.07) is 2.48. The molecule has 1 heterocycles. The van der Waals surface area contributed by atoms with Crippen molar-refractivity contribution in [1.29, 1.82) is 0 Å². The van der Waals surface area contributed by atoms with Crippen LogP contribution in [0, 0.1) is 12.3 Å². The van der Waals surface area contributed by atoms with Gasteiger partial charge in [0.2, 0.25) is 0 Å². The zero-order valence-electron chi connectivity index (χ0n) is 10.7. The van der Waals surface area contributed by atoms with Crippen molar-refractivity contribution in [2.75, 3.05) is 5.73 Å². The Kier molecular flexibility index (Phi) is 2.96. The van der Waals surface area contributed by atoms with Crippen molar-refractivity contribution in [3.05, 3.63) is 11.8 Å². The molecule has 1 saturated carbocycles. The number of nitrogen functional groups attached to an aromatic ring is 1. The van der Waals surface area contributed by atoms with E-state index in [1.807, 2.05) is 17.7 Å². The number of hydrogen-bond donors (Lipinski definition) is 1. The molecule has 0 saturated heterocycles. The maximum absolute atomic E-state index is 5.99. The van der Waals surface area contributed by atoms with Crippen LogP contribution < -0.4 is 5.73 Å². The Balaban J connectivity index is 2.13. The lowest BCUT2D eigenvalue weighted by Gasteiger charge is -2.22. The summed E-state index contributed by atoms with van der Waals surface area (Å²) in [4.78, 5) is 0. The van der Waals surface area contributed by atoms with Crippen LogP contribution in [0.5, 0.6) is 0 Å². The molecule has 90 valence electrons. The summed E-state index contributed by atoms with van der Waals surface area (Å²) in [5, 5.41) is 4.51. The van der Waals surface area contributed by atoms with E-state index in [1.165, 1.54) is 32.1 Å². The number of aromatic nitrogens is 2. The first-order chi connectivity index (χ1) is 7.48. The highest BCUT2D eigenvalue weighted by molar-refractivity contribution is 5.30. The van der Waals surface area contributed by atoms with Gasteiger partial charge in [0.1, 0.15) is 5.82 Å². The maximum atomic E-state index is 5.99. The van der Waals surface area contributed by atoms with E-state index in [9.17, 15) is 0 Å². The lowest BCUT2D eigenvalue weighted by Crippen LogP contribution is -2.14. The van der Waals surface area contributed by atoms with Crippen molar-refractivity contribution < 1.29 is 0 Å². The molecule has 0 aliphatic heterocycles. The zero-order chi connectivity index (χ0) is 11.8. The van der Waals surface area contributed by atoms with Crippen LogP contribution in [0.1, 0.15) is 57.7 Å². The summed E-state index contributed by atoms with van der Waals surface area (Å²) in [5.41, 5.74) is 7.51. The molecule has 2 rings (SSSR count). The molecule has 0 radical (unpaired) electrons. The van der Waals surface area contributed by atoms with Gasteiger partial charge in [0.15, 0.2) is 0 Å². The number of hydrogen-bond acceptors (Lipinski definition) is 2. The van der Waals surface area contributed by atoms with Crippen LogP contribution in [0.15, 0.2) is 6.07 Å². The van der Waals surface area contributed by atoms with Crippen molar-refractivity contribution >= 4 is 5.82 Å². The van der Waals surface area contributed by atoms with Crippen molar-refractivity contribution in [1.82, 2.24) is 9.78 Å². The minimum Gasteiger partial charge on any atom is -0.384 e. The van der Waals surface area contributed by atoms with Gasteiger partial charge in [-0.1, -0.05) is 20.3 Å². The third kappa shape index (κ3) is 2.39. The molecule has 2 N–H and O–H groups in total. The normalized spacial score (nSPS) is 25.3. The molecule has 1 fully saturated rings. The quantitative estimate of drug-likeness (QED) is 0.739. The molecule has 3 heteroatoms. The topological polar surface area (TPSA) is 43.8 Å². The molecule has 1 aliphatic rings. The Morgan fingerprint density at radius 1 is 1.38 bits per heavy atom. The van der Waals surface area contributed by atoms with Crippen LogP contribution in [0.2, 0.25) is 0 Å². The predicted octanol–water partition coefficient (Wildman–Crippen LogP) is 3.31. The van der Waals surface area contributed by atoms with Crippen molar-refractivity contribution in [3.63, 3.8) is 0 Å². The summed E-state index contributed by atoms with van der Waals surface area (Å²) in [5.74, 6) is 0.821. The molecule has 0 spiro atoms. The lowest BCUT2D eigenvalue weighted by molar-refractivity contribution is 0.305. The molecule has 16 heavy (non-hydrogen) atoms. The van der Waals surface area contributed by atoms with Crippen LogP contribution in [0.25, 0.3) is 0 Å². The molecule has 1 aromatic heterocycles. The highest BCUT2D eigenvalue weighted by Gasteiger charge is 2.26. The second-order valence-electron chi connectivity index (χ2n) is 5.90. The lowest BCUT2D eigenvalue weighted by atomic mass is 9.85. The number of nitrogens with zero attached hydrogens (tertiary/aromatic N) is 2. The Bertz CT molecular complexity index is 365. The van der Waals surface area contributed by atoms with E-state index in [0.29, 0.717) is 11.5 Å². The third-order valence-corrected chi connectivity index (χ3v) is 3.78. The van der Waals surface area contributed by atoms with E-state index in [2.05, 4.69) is 18.9 Å². The number of aryl methyl sites for hydroxylation is 1. The first-order valence-corrected chi connectivity index (χ1v) is 6.30. The highest BCUT2D eigenvalue weighted by Crippen LogP contribution is 2.38. The molecular formula is C13H23N3. The van der Waals surface area contributed by atoms with E-state index < -0.39 is 0 Å². The van der Waals surface area contributed by atoms with Crippen molar-refractivity contribution in [2.24, 2.45) is 5.41 Å². The van der Waals surface area contributed by atoms with Crippen LogP contribution in [0.4, 0.5) is 5.82 Å². The molecule has 0 bridgehead atoms. The fourth-order valence-corrected chi connectivity index (χ4v) is 2.72. The molecule has 1 atom stereocenters. The van der Waals surface area contributed by atoms with Crippen molar-refractivity contribution in [2.45, 2.75) is 58.9 Å². The van der Waals surface area contributed by atoms with Gasteiger partial charge in [-0.3, -0.25) is 0 Å². The van der Waals surface area contributed by atoms with E-state index in [0.717, 1.165) is 11.5 Å². The van der Waals surface area contributed by atoms with Crippen LogP contribution in [-0.4, -0.2) is 9.78 Å². The Morgan fingerprint density at radius 2 is 2.12 bits per heavy atom. The summed E-state index contributed by atoms with van der Waals surface area (Å²) < 4.78 is 2.04. The smallest absolute Gasteiger partial charge is 0.122 e. The van der Waals surface area contributed by atoms with E-state index in [-0.39, 0.29) is 0 Å². The van der Waals surface area contributed by atoms with Gasteiger partial charge in [-0.15, -0.1) is 0 Å². The average molecular weight is 221 g/mol. The predicted molar refractivity (Wildman–Crippen MR) is 67.3 cm³/mol. The fraction of sp³-hybridized carbons (Fsp3) is 0.769. The standard InChI is InChI=1S/C13H23N3/c1-10-9-12(14)16(15-10)11-5-4-7-13(2,3)8-6-11/h9,11H,4-8,14H2,1-3H3. The molecule has 0 aromatic carbocycles. The molecule has 1 aliphatic carbocycles. The SMILES string of the molecule is Cc1cc(N)n(C2CCCC(C)(C)CC2)n1. The maximum Gasteiger partial charge on any atom is 0.122 e. The van der Waals surface area contributed by atoms with Gasteiger partial charge >= 0.3 is 0 Å². The molecule has 1 unspecified atom stereocenters. The minimum atomic E-state index is 0.492. The first-order valence-electron chi connectivity index (χ1n) is 6.30. The first kappa shape index (κ1) is 11.5. The molecule has 1 aromatic rings. The molecule has 0 amide bonds. The Labute approximate surface area is 98.0 Å². The van der Waals surface area contributed by atoms with Gasteiger partial charge < -0.3 is 5.73 Å². The number of nitrogens with two attached hydrogens (primary N) is 1. The Morgan fingerprint density at radius 3 is 2.75 bits per heavy atom. The number of anilines is 1. The van der Waals surface area contributed by atoms with E-state index in [4.69, 9.17) is 5.73 Å². The van der Waals surface area contributed by atoms with E-state index >= 15 is 0 Å². The second kappa shape index (κ2) is 4.11. The summed E-state index contributed by atoms with van der Waals surface area (Å²) in [6.45, 7) is 6.74. The summed E-state index contributed by atoms with van der Waals surface area (Å²) >= 11 is 0. The monoisotopic (exact) mass is 221 g/mol. The second-order valence-corrected chi connectivity index (χ2v) is 5.90. The van der Waals surface area contributed by atoms with Crippen LogP contribution in [-0.2, 0) is 0 Å². The Hall–Kier alpha value is -0.990. The van der Waals surface area contributed by atoms with Gasteiger partial charge in [0.05, 0.1) is 11.7 Å². The van der Waals surface area contributed by atoms with Crippen LogP contribution >= 0.6 is 0 Å². The third-order valence-electron chi connectivity index (χ3n) is 3.78. The number of rotatable bonds is 1. The average Bonchev–Trinajstić information content (AvgIpc) is 2.41. The molecular weight excluding hydrogens is 198 g/mol. The zero-order valence-corrected chi connectivity index (χ0v) is 10.7. The van der Waals surface area contributed by atoms with Gasteiger partial charge in [-0.2, -0.15) is 5.10 Å². The summed E-state index contributed by atoms with van der Waals surface area (Å²) in [7, 11) is 0. The largest absolute Gasteiger partial charge is 0.384 e. The van der Waals surface area contributed by atoms with Gasteiger partial charge in [-0.05, 0) is 38.0 Å². The minimum absolute atomic E-state index is 0.492. The van der Waals surface area contributed by atoms with Gasteiger partial charge in [0, 0.05) is 6.07 Å². The molecule has 3 nitrogen and oxygen atoms in total.